The first-order chi connectivity index (χ1) is 12.2. The lowest BCUT2D eigenvalue weighted by Gasteiger charge is -2.26. The van der Waals surface area contributed by atoms with Crippen molar-refractivity contribution in [2.24, 2.45) is 0 Å². The molecule has 0 spiro atoms. The monoisotopic (exact) mass is 379 g/mol. The minimum absolute atomic E-state index is 0.111. The van der Waals surface area contributed by atoms with E-state index in [0.29, 0.717) is 11.3 Å². The second kappa shape index (κ2) is 7.70. The van der Waals surface area contributed by atoms with Crippen molar-refractivity contribution in [2.45, 2.75) is 45.1 Å². The summed E-state index contributed by atoms with van der Waals surface area (Å²) in [5.41, 5.74) is 1.40. The SMILES string of the molecule is O=c1c2c3c(sc2[nH]c(=S)n1CCCN1CCOCC1)CCCCC3. The van der Waals surface area contributed by atoms with E-state index in [2.05, 4.69) is 9.88 Å². The quantitative estimate of drug-likeness (QED) is 0.655. The highest BCUT2D eigenvalue weighted by Gasteiger charge is 2.19. The fourth-order valence-electron chi connectivity index (χ4n) is 3.93. The van der Waals surface area contributed by atoms with Gasteiger partial charge in [-0.2, -0.15) is 0 Å². The van der Waals surface area contributed by atoms with Gasteiger partial charge in [-0.05, 0) is 49.9 Å². The molecule has 0 radical (unpaired) electrons. The maximum atomic E-state index is 13.1. The molecule has 4 rings (SSSR count). The summed E-state index contributed by atoms with van der Waals surface area (Å²) in [6.45, 7) is 5.27. The Bertz CT molecular complexity index is 862. The van der Waals surface area contributed by atoms with Gasteiger partial charge in [-0.1, -0.05) is 6.42 Å². The molecule has 2 aromatic heterocycles. The highest BCUT2D eigenvalue weighted by molar-refractivity contribution is 7.71. The van der Waals surface area contributed by atoms with Crippen LogP contribution in [0, 0.1) is 4.77 Å². The van der Waals surface area contributed by atoms with E-state index < -0.39 is 0 Å². The molecule has 0 bridgehead atoms. The van der Waals surface area contributed by atoms with E-state index in [1.54, 1.807) is 15.9 Å². The van der Waals surface area contributed by atoms with E-state index in [1.165, 1.54) is 29.7 Å². The molecule has 0 unspecified atom stereocenters. The third-order valence-electron chi connectivity index (χ3n) is 5.31. The largest absolute Gasteiger partial charge is 0.379 e. The molecule has 1 aliphatic carbocycles. The number of hydrogen-bond acceptors (Lipinski definition) is 5. The van der Waals surface area contributed by atoms with E-state index in [4.69, 9.17) is 17.0 Å². The molecule has 0 aromatic carbocycles. The molecule has 2 aliphatic rings. The molecular weight excluding hydrogens is 354 g/mol. The summed E-state index contributed by atoms with van der Waals surface area (Å²) in [6, 6.07) is 0. The molecule has 136 valence electrons. The van der Waals surface area contributed by atoms with Gasteiger partial charge in [-0.15, -0.1) is 11.3 Å². The van der Waals surface area contributed by atoms with Crippen molar-refractivity contribution in [3.8, 4) is 0 Å². The van der Waals surface area contributed by atoms with E-state index in [-0.39, 0.29) is 5.56 Å². The summed E-state index contributed by atoms with van der Waals surface area (Å²) >= 11 is 7.22. The lowest BCUT2D eigenvalue weighted by Crippen LogP contribution is -2.37. The second-order valence-corrected chi connectivity index (χ2v) is 8.45. The third kappa shape index (κ3) is 3.60. The van der Waals surface area contributed by atoms with Crippen LogP contribution < -0.4 is 5.56 Å². The molecule has 7 heteroatoms. The van der Waals surface area contributed by atoms with Crippen LogP contribution in [0.1, 0.15) is 36.1 Å². The smallest absolute Gasteiger partial charge is 0.263 e. The van der Waals surface area contributed by atoms with E-state index in [0.717, 1.165) is 62.3 Å². The molecule has 2 aromatic rings. The Hall–Kier alpha value is -1.02. The summed E-state index contributed by atoms with van der Waals surface area (Å²) < 4.78 is 7.73. The van der Waals surface area contributed by atoms with Gasteiger partial charge in [0.25, 0.3) is 5.56 Å². The maximum Gasteiger partial charge on any atom is 0.263 e. The van der Waals surface area contributed by atoms with Gasteiger partial charge in [0, 0.05) is 31.1 Å². The lowest BCUT2D eigenvalue weighted by atomic mass is 10.1. The average Bonchev–Trinajstić information content (AvgIpc) is 2.80. The lowest BCUT2D eigenvalue weighted by molar-refractivity contribution is 0.0369. The van der Waals surface area contributed by atoms with Crippen molar-refractivity contribution >= 4 is 33.8 Å². The fraction of sp³-hybridized carbons (Fsp3) is 0.667. The maximum absolute atomic E-state index is 13.1. The van der Waals surface area contributed by atoms with Crippen LogP contribution in [0.15, 0.2) is 4.79 Å². The van der Waals surface area contributed by atoms with Crippen LogP contribution in [0.5, 0.6) is 0 Å². The van der Waals surface area contributed by atoms with Gasteiger partial charge in [-0.3, -0.25) is 14.3 Å². The molecule has 0 atom stereocenters. The fourth-order valence-corrected chi connectivity index (χ4v) is 5.55. The Kier molecular flexibility index (Phi) is 5.36. The Labute approximate surface area is 156 Å². The number of morpholine rings is 1. The molecule has 0 amide bonds. The topological polar surface area (TPSA) is 50.3 Å². The van der Waals surface area contributed by atoms with E-state index in [9.17, 15) is 4.79 Å². The molecule has 1 aliphatic heterocycles. The molecular formula is C18H25N3O2S2. The molecule has 1 N–H and O–H groups in total. The number of H-pyrrole nitrogens is 1. The van der Waals surface area contributed by atoms with Crippen LogP contribution in [0.3, 0.4) is 0 Å². The molecule has 1 fully saturated rings. The summed E-state index contributed by atoms with van der Waals surface area (Å²) in [5.74, 6) is 0. The summed E-state index contributed by atoms with van der Waals surface area (Å²) in [4.78, 5) is 21.2. The Morgan fingerprint density at radius 3 is 2.76 bits per heavy atom. The minimum Gasteiger partial charge on any atom is -0.379 e. The average molecular weight is 380 g/mol. The molecule has 1 saturated heterocycles. The first kappa shape index (κ1) is 17.4. The molecule has 5 nitrogen and oxygen atoms in total. The Morgan fingerprint density at radius 1 is 1.12 bits per heavy atom. The van der Waals surface area contributed by atoms with E-state index in [1.807, 2.05) is 0 Å². The van der Waals surface area contributed by atoms with Crippen molar-refractivity contribution in [1.82, 2.24) is 14.5 Å². The first-order valence-electron chi connectivity index (χ1n) is 9.31. The van der Waals surface area contributed by atoms with Crippen molar-refractivity contribution in [1.29, 1.82) is 0 Å². The van der Waals surface area contributed by atoms with Gasteiger partial charge < -0.3 is 9.72 Å². The van der Waals surface area contributed by atoms with Crippen LogP contribution in [-0.4, -0.2) is 47.3 Å². The van der Waals surface area contributed by atoms with Gasteiger partial charge in [0.2, 0.25) is 0 Å². The minimum atomic E-state index is 0.111. The van der Waals surface area contributed by atoms with Crippen LogP contribution in [-0.2, 0) is 24.1 Å². The Morgan fingerprint density at radius 2 is 1.92 bits per heavy atom. The predicted octanol–water partition coefficient (Wildman–Crippen LogP) is 3.11. The second-order valence-electron chi connectivity index (χ2n) is 6.96. The normalized spacial score (nSPS) is 19.0. The van der Waals surface area contributed by atoms with Crippen molar-refractivity contribution in [2.75, 3.05) is 32.8 Å². The van der Waals surface area contributed by atoms with Crippen LogP contribution in [0.25, 0.3) is 10.2 Å². The molecule has 25 heavy (non-hydrogen) atoms. The number of aromatic nitrogens is 2. The zero-order valence-electron chi connectivity index (χ0n) is 14.5. The van der Waals surface area contributed by atoms with Gasteiger partial charge in [-0.25, -0.2) is 0 Å². The number of aryl methyl sites for hydroxylation is 2. The summed E-state index contributed by atoms with van der Waals surface area (Å²) in [7, 11) is 0. The molecule has 0 saturated carbocycles. The van der Waals surface area contributed by atoms with Gasteiger partial charge in [0.1, 0.15) is 4.83 Å². The van der Waals surface area contributed by atoms with Gasteiger partial charge in [0.05, 0.1) is 18.6 Å². The number of aromatic amines is 1. The summed E-state index contributed by atoms with van der Waals surface area (Å²) in [6.07, 6.45) is 6.75. The Balaban J connectivity index is 1.59. The molecule has 3 heterocycles. The number of fused-ring (bicyclic) bond motifs is 3. The number of ether oxygens (including phenoxy) is 1. The van der Waals surface area contributed by atoms with Crippen LogP contribution in [0.4, 0.5) is 0 Å². The zero-order valence-corrected chi connectivity index (χ0v) is 16.1. The highest BCUT2D eigenvalue weighted by atomic mass is 32.1. The van der Waals surface area contributed by atoms with E-state index >= 15 is 0 Å². The van der Waals surface area contributed by atoms with Crippen LogP contribution >= 0.6 is 23.6 Å². The van der Waals surface area contributed by atoms with Crippen molar-refractivity contribution in [3.05, 3.63) is 25.6 Å². The third-order valence-corrected chi connectivity index (χ3v) is 6.84. The van der Waals surface area contributed by atoms with Gasteiger partial charge >= 0.3 is 0 Å². The van der Waals surface area contributed by atoms with Crippen molar-refractivity contribution in [3.63, 3.8) is 0 Å². The number of nitrogens with one attached hydrogen (secondary N) is 1. The number of thiophene rings is 1. The predicted molar refractivity (Wildman–Crippen MR) is 104 cm³/mol. The van der Waals surface area contributed by atoms with Crippen molar-refractivity contribution < 1.29 is 4.74 Å². The number of rotatable bonds is 4. The van der Waals surface area contributed by atoms with Crippen LogP contribution in [0.2, 0.25) is 0 Å². The standard InChI is InChI=1S/C18H25N3O2S2/c22-17-15-13-5-2-1-3-6-14(13)25-16(15)19-18(24)21(17)8-4-7-20-9-11-23-12-10-20/h1-12H2,(H,19,24). The highest BCUT2D eigenvalue weighted by Crippen LogP contribution is 2.32. The first-order valence-corrected chi connectivity index (χ1v) is 10.5. The number of nitrogens with zero attached hydrogens (tertiary/aromatic N) is 2. The number of hydrogen-bond donors (Lipinski definition) is 1. The zero-order chi connectivity index (χ0) is 17.2. The van der Waals surface area contributed by atoms with Gasteiger partial charge in [0.15, 0.2) is 4.77 Å². The summed E-state index contributed by atoms with van der Waals surface area (Å²) in [5, 5.41) is 0.905.